The molecule has 3 rings (SSSR count). The monoisotopic (exact) mass is 413 g/mol. The van der Waals surface area contributed by atoms with E-state index in [1.807, 2.05) is 4.90 Å². The minimum absolute atomic E-state index is 0.0690. The first-order valence-corrected chi connectivity index (χ1v) is 11.7. The average Bonchev–Trinajstić information content (AvgIpc) is 3.39. The second-order valence-corrected chi connectivity index (χ2v) is 8.72. The number of hydrogen-bond donors (Lipinski definition) is 3. The molecule has 2 fully saturated rings. The van der Waals surface area contributed by atoms with Crippen LogP contribution in [0.15, 0.2) is 35.3 Å². The van der Waals surface area contributed by atoms with Crippen LogP contribution in [0.25, 0.3) is 0 Å². The zero-order valence-corrected chi connectivity index (χ0v) is 18.8. The van der Waals surface area contributed by atoms with E-state index in [4.69, 9.17) is 4.99 Å². The number of guanidine groups is 1. The van der Waals surface area contributed by atoms with Crippen molar-refractivity contribution in [3.8, 4) is 0 Å². The summed E-state index contributed by atoms with van der Waals surface area (Å²) in [5.41, 5.74) is 1.40. The summed E-state index contributed by atoms with van der Waals surface area (Å²) in [7, 11) is 0. The van der Waals surface area contributed by atoms with Crippen LogP contribution in [-0.4, -0.2) is 55.0 Å². The summed E-state index contributed by atoms with van der Waals surface area (Å²) in [5, 5.41) is 10.7. The Balaban J connectivity index is 1.53. The quantitative estimate of drug-likeness (QED) is 0.313. The van der Waals surface area contributed by atoms with Gasteiger partial charge in [-0.15, -0.1) is 0 Å². The fourth-order valence-electron chi connectivity index (χ4n) is 4.67. The third-order valence-electron chi connectivity index (χ3n) is 6.34. The van der Waals surface area contributed by atoms with E-state index in [1.165, 1.54) is 31.2 Å². The molecule has 3 N–H and O–H groups in total. The molecule has 1 aliphatic carbocycles. The lowest BCUT2D eigenvalue weighted by Crippen LogP contribution is -2.48. The summed E-state index contributed by atoms with van der Waals surface area (Å²) >= 11 is 0. The maximum absolute atomic E-state index is 11.7. The lowest BCUT2D eigenvalue weighted by molar-refractivity contribution is -0.127. The molecular weight excluding hydrogens is 374 g/mol. The number of likely N-dealkylation sites (tertiary alicyclic amines) is 1. The van der Waals surface area contributed by atoms with Crippen molar-refractivity contribution in [2.75, 3.05) is 32.7 Å². The number of nitrogens with zero attached hydrogens (tertiary/aromatic N) is 2. The van der Waals surface area contributed by atoms with Gasteiger partial charge in [-0.3, -0.25) is 9.79 Å². The highest BCUT2D eigenvalue weighted by atomic mass is 16.2. The third-order valence-corrected chi connectivity index (χ3v) is 6.34. The first-order valence-electron chi connectivity index (χ1n) is 11.7. The van der Waals surface area contributed by atoms with Crippen LogP contribution >= 0.6 is 0 Å². The molecule has 1 amide bonds. The predicted molar refractivity (Wildman–Crippen MR) is 124 cm³/mol. The van der Waals surface area contributed by atoms with E-state index in [0.717, 1.165) is 51.5 Å². The molecule has 1 unspecified atom stereocenters. The van der Waals surface area contributed by atoms with Crippen molar-refractivity contribution in [1.29, 1.82) is 0 Å². The van der Waals surface area contributed by atoms with E-state index in [0.29, 0.717) is 18.4 Å². The van der Waals surface area contributed by atoms with Crippen LogP contribution in [0.5, 0.6) is 0 Å². The molecule has 6 nitrogen and oxygen atoms in total. The van der Waals surface area contributed by atoms with Crippen LogP contribution in [0, 0.1) is 0 Å². The molecule has 1 aliphatic heterocycles. The lowest BCUT2D eigenvalue weighted by atomic mass is 9.95. The standard InChI is InChI=1S/C24H39N5O/c1-3-25-23(26-16-10-18-29-17-9-13-22(29)30)27-19-24(14-7-8-15-24)28-20(2)21-11-5-4-6-12-21/h4-6,11-12,20,28H,3,7-10,13-19H2,1-2H3,(H2,25,26,27). The molecule has 6 heteroatoms. The van der Waals surface area contributed by atoms with Gasteiger partial charge in [0.2, 0.25) is 5.91 Å². The number of aliphatic imine (C=N–C) groups is 1. The fourth-order valence-corrected chi connectivity index (χ4v) is 4.67. The molecule has 1 aromatic rings. The Kier molecular flexibility index (Phi) is 8.55. The molecule has 1 atom stereocenters. The van der Waals surface area contributed by atoms with Gasteiger partial charge in [-0.2, -0.15) is 0 Å². The minimum Gasteiger partial charge on any atom is -0.357 e. The van der Waals surface area contributed by atoms with Crippen LogP contribution < -0.4 is 16.0 Å². The normalized spacial score (nSPS) is 19.9. The molecule has 1 aromatic carbocycles. The molecule has 1 saturated carbocycles. The number of carbonyl (C=O) groups is 1. The Morgan fingerprint density at radius 1 is 1.17 bits per heavy atom. The van der Waals surface area contributed by atoms with Crippen molar-refractivity contribution in [2.24, 2.45) is 4.99 Å². The number of amides is 1. The summed E-state index contributed by atoms with van der Waals surface area (Å²) < 4.78 is 0. The Morgan fingerprint density at radius 3 is 2.60 bits per heavy atom. The van der Waals surface area contributed by atoms with E-state index in [-0.39, 0.29) is 5.54 Å². The second kappa shape index (κ2) is 11.3. The molecule has 166 valence electrons. The van der Waals surface area contributed by atoms with Gasteiger partial charge in [0.1, 0.15) is 0 Å². The van der Waals surface area contributed by atoms with E-state index in [2.05, 4.69) is 60.1 Å². The van der Waals surface area contributed by atoms with Crippen molar-refractivity contribution in [3.63, 3.8) is 0 Å². The Hall–Kier alpha value is -2.08. The van der Waals surface area contributed by atoms with Crippen LogP contribution in [0.1, 0.15) is 70.4 Å². The van der Waals surface area contributed by atoms with Gasteiger partial charge < -0.3 is 20.9 Å². The van der Waals surface area contributed by atoms with Crippen LogP contribution in [0.3, 0.4) is 0 Å². The second-order valence-electron chi connectivity index (χ2n) is 8.72. The fraction of sp³-hybridized carbons (Fsp3) is 0.667. The summed E-state index contributed by atoms with van der Waals surface area (Å²) in [6, 6.07) is 11.0. The van der Waals surface area contributed by atoms with Gasteiger partial charge >= 0.3 is 0 Å². The summed E-state index contributed by atoms with van der Waals surface area (Å²) in [4.78, 5) is 18.7. The minimum atomic E-state index is 0.0690. The number of hydrogen-bond acceptors (Lipinski definition) is 3. The SMILES string of the molecule is CCNC(=NCC1(NC(C)c2ccccc2)CCCC1)NCCCN1CCCC1=O. The molecule has 30 heavy (non-hydrogen) atoms. The maximum atomic E-state index is 11.7. The van der Waals surface area contributed by atoms with Crippen LogP contribution in [0.4, 0.5) is 0 Å². The number of benzene rings is 1. The largest absolute Gasteiger partial charge is 0.357 e. The molecular formula is C24H39N5O. The highest BCUT2D eigenvalue weighted by Gasteiger charge is 2.35. The van der Waals surface area contributed by atoms with Crippen molar-refractivity contribution in [2.45, 2.75) is 70.4 Å². The lowest BCUT2D eigenvalue weighted by Gasteiger charge is -2.33. The summed E-state index contributed by atoms with van der Waals surface area (Å²) in [5.74, 6) is 1.18. The highest BCUT2D eigenvalue weighted by Crippen LogP contribution is 2.32. The zero-order valence-electron chi connectivity index (χ0n) is 18.8. The number of rotatable bonds is 10. The third kappa shape index (κ3) is 6.46. The first-order chi connectivity index (χ1) is 14.6. The average molecular weight is 414 g/mol. The smallest absolute Gasteiger partial charge is 0.222 e. The number of carbonyl (C=O) groups excluding carboxylic acids is 1. The molecule has 0 radical (unpaired) electrons. The summed E-state index contributed by atoms with van der Waals surface area (Å²) in [6.07, 6.45) is 7.54. The first kappa shape index (κ1) is 22.6. The van der Waals surface area contributed by atoms with E-state index >= 15 is 0 Å². The Morgan fingerprint density at radius 2 is 1.93 bits per heavy atom. The topological polar surface area (TPSA) is 68.8 Å². The van der Waals surface area contributed by atoms with E-state index in [1.54, 1.807) is 0 Å². The Bertz CT molecular complexity index is 684. The van der Waals surface area contributed by atoms with Crippen LogP contribution in [-0.2, 0) is 4.79 Å². The zero-order chi connectivity index (χ0) is 21.2. The maximum Gasteiger partial charge on any atom is 0.222 e. The van der Waals surface area contributed by atoms with Gasteiger partial charge in [-0.1, -0.05) is 43.2 Å². The van der Waals surface area contributed by atoms with Gasteiger partial charge in [-0.25, -0.2) is 0 Å². The molecule has 1 heterocycles. The van der Waals surface area contributed by atoms with Gasteiger partial charge in [0, 0.05) is 44.2 Å². The molecule has 0 aromatic heterocycles. The van der Waals surface area contributed by atoms with Gasteiger partial charge in [0.15, 0.2) is 5.96 Å². The van der Waals surface area contributed by atoms with Crippen molar-refractivity contribution in [3.05, 3.63) is 35.9 Å². The van der Waals surface area contributed by atoms with E-state index < -0.39 is 0 Å². The van der Waals surface area contributed by atoms with Gasteiger partial charge in [0.25, 0.3) is 0 Å². The van der Waals surface area contributed by atoms with Crippen molar-refractivity contribution < 1.29 is 4.79 Å². The highest BCUT2D eigenvalue weighted by molar-refractivity contribution is 5.80. The van der Waals surface area contributed by atoms with Gasteiger partial charge in [0.05, 0.1) is 6.54 Å². The summed E-state index contributed by atoms with van der Waals surface area (Å²) in [6.45, 7) is 8.56. The molecule has 0 bridgehead atoms. The van der Waals surface area contributed by atoms with Crippen LogP contribution in [0.2, 0.25) is 0 Å². The molecule has 0 spiro atoms. The van der Waals surface area contributed by atoms with Crippen molar-refractivity contribution in [1.82, 2.24) is 20.9 Å². The van der Waals surface area contributed by atoms with E-state index in [9.17, 15) is 4.79 Å². The predicted octanol–water partition coefficient (Wildman–Crippen LogP) is 3.22. The Labute approximate surface area is 181 Å². The van der Waals surface area contributed by atoms with Crippen molar-refractivity contribution >= 4 is 11.9 Å². The molecule has 2 aliphatic rings. The van der Waals surface area contributed by atoms with Gasteiger partial charge in [-0.05, 0) is 45.1 Å². The molecule has 1 saturated heterocycles. The number of nitrogens with one attached hydrogen (secondary N) is 3.